The van der Waals surface area contributed by atoms with Gasteiger partial charge >= 0.3 is 0 Å². The van der Waals surface area contributed by atoms with Crippen molar-refractivity contribution in [3.63, 3.8) is 0 Å². The summed E-state index contributed by atoms with van der Waals surface area (Å²) in [7, 11) is 0. The number of para-hydroxylation sites is 1. The van der Waals surface area contributed by atoms with Crippen LogP contribution < -0.4 is 4.74 Å². The van der Waals surface area contributed by atoms with Crippen molar-refractivity contribution in [1.29, 1.82) is 5.26 Å². The summed E-state index contributed by atoms with van der Waals surface area (Å²) in [5.41, 5.74) is 0.555. The first-order valence-electron chi connectivity index (χ1n) is 9.06. The van der Waals surface area contributed by atoms with Gasteiger partial charge in [-0.2, -0.15) is 10.2 Å². The third-order valence-corrected chi connectivity index (χ3v) is 4.68. The maximum absolute atomic E-state index is 9.13. The highest BCUT2D eigenvalue weighted by atomic mass is 16.5. The fourth-order valence-electron chi connectivity index (χ4n) is 3.21. The maximum Gasteiger partial charge on any atom is 0.257 e. The Kier molecular flexibility index (Phi) is 4.87. The highest BCUT2D eigenvalue weighted by molar-refractivity contribution is 5.42. The molecule has 2 aliphatic rings. The molecule has 2 atom stereocenters. The van der Waals surface area contributed by atoms with Gasteiger partial charge in [0.05, 0.1) is 11.7 Å². The minimum Gasteiger partial charge on any atom is -0.491 e. The van der Waals surface area contributed by atoms with E-state index in [1.807, 2.05) is 25.1 Å². The van der Waals surface area contributed by atoms with E-state index >= 15 is 0 Å². The fourth-order valence-corrected chi connectivity index (χ4v) is 3.21. The van der Waals surface area contributed by atoms with Crippen LogP contribution in [0.5, 0.6) is 5.75 Å². The van der Waals surface area contributed by atoms with E-state index in [2.05, 4.69) is 21.1 Å². The molecule has 0 unspecified atom stereocenters. The number of nitriles is 1. The van der Waals surface area contributed by atoms with E-state index in [4.69, 9.17) is 19.3 Å². The molecule has 136 valence electrons. The molecule has 2 heterocycles. The molecule has 1 saturated carbocycles. The van der Waals surface area contributed by atoms with Crippen LogP contribution in [-0.4, -0.2) is 47.4 Å². The van der Waals surface area contributed by atoms with Gasteiger partial charge in [-0.05, 0) is 31.9 Å². The molecule has 1 aliphatic carbocycles. The third-order valence-electron chi connectivity index (χ3n) is 4.68. The first kappa shape index (κ1) is 17.0. The molecule has 0 spiro atoms. The molecule has 7 heteroatoms. The number of nitrogens with zero attached hydrogens (tertiary/aromatic N) is 4. The van der Waals surface area contributed by atoms with Crippen LogP contribution in [-0.2, 0) is 4.74 Å². The number of benzene rings is 1. The van der Waals surface area contributed by atoms with E-state index in [1.165, 1.54) is 0 Å². The Balaban J connectivity index is 1.33. The van der Waals surface area contributed by atoms with E-state index in [9.17, 15) is 0 Å². The minimum absolute atomic E-state index is 0.0800. The molecule has 0 bridgehead atoms. The lowest BCUT2D eigenvalue weighted by molar-refractivity contribution is -0.0923. The Labute approximate surface area is 152 Å². The monoisotopic (exact) mass is 354 g/mol. The van der Waals surface area contributed by atoms with Gasteiger partial charge in [0.1, 0.15) is 24.5 Å². The summed E-state index contributed by atoms with van der Waals surface area (Å²) in [5, 5.41) is 13.2. The van der Waals surface area contributed by atoms with E-state index in [0.717, 1.165) is 31.8 Å². The van der Waals surface area contributed by atoms with Crippen molar-refractivity contribution in [1.82, 2.24) is 15.0 Å². The van der Waals surface area contributed by atoms with Gasteiger partial charge < -0.3 is 14.0 Å². The summed E-state index contributed by atoms with van der Waals surface area (Å²) in [6.07, 6.45) is 2.17. The zero-order chi connectivity index (χ0) is 17.9. The number of morpholine rings is 1. The number of aromatic nitrogens is 2. The molecule has 1 aliphatic heterocycles. The van der Waals surface area contributed by atoms with E-state index in [1.54, 1.807) is 6.07 Å². The lowest BCUT2D eigenvalue weighted by Crippen LogP contribution is -2.44. The lowest BCUT2D eigenvalue weighted by atomic mass is 10.2. The van der Waals surface area contributed by atoms with Crippen LogP contribution in [0.15, 0.2) is 28.8 Å². The van der Waals surface area contributed by atoms with Gasteiger partial charge in [-0.3, -0.25) is 4.90 Å². The normalized spacial score (nSPS) is 23.5. The summed E-state index contributed by atoms with van der Waals surface area (Å²) < 4.78 is 17.2. The summed E-state index contributed by atoms with van der Waals surface area (Å²) in [4.78, 5) is 6.79. The zero-order valence-corrected chi connectivity index (χ0v) is 14.8. The Morgan fingerprint density at radius 1 is 1.31 bits per heavy atom. The summed E-state index contributed by atoms with van der Waals surface area (Å²) in [6.45, 7) is 4.81. The van der Waals surface area contributed by atoms with E-state index in [-0.39, 0.29) is 12.2 Å². The standard InChI is InChI=1S/C19H22N4O3/c1-13-11-23(8-9-24-16-5-3-2-4-15(16)10-20)12-17(25-13)19-21-18(22-26-19)14-6-7-14/h2-5,13-14,17H,6-9,11-12H2,1H3/t13-,17-/m1/s1. The predicted molar refractivity (Wildman–Crippen MR) is 92.7 cm³/mol. The van der Waals surface area contributed by atoms with Gasteiger partial charge in [0.25, 0.3) is 5.89 Å². The van der Waals surface area contributed by atoms with Crippen molar-refractivity contribution < 1.29 is 14.0 Å². The molecule has 0 N–H and O–H groups in total. The smallest absolute Gasteiger partial charge is 0.257 e. The molecular weight excluding hydrogens is 332 g/mol. The van der Waals surface area contributed by atoms with Crippen molar-refractivity contribution in [2.75, 3.05) is 26.2 Å². The van der Waals surface area contributed by atoms with Crippen molar-refractivity contribution in [2.24, 2.45) is 0 Å². The van der Waals surface area contributed by atoms with Gasteiger partial charge in [-0.25, -0.2) is 0 Å². The third kappa shape index (κ3) is 3.87. The number of hydrogen-bond acceptors (Lipinski definition) is 7. The second kappa shape index (κ2) is 7.44. The van der Waals surface area contributed by atoms with Crippen LogP contribution in [0, 0.1) is 11.3 Å². The quantitative estimate of drug-likeness (QED) is 0.788. The van der Waals surface area contributed by atoms with Crippen LogP contribution in [0.4, 0.5) is 0 Å². The van der Waals surface area contributed by atoms with Crippen LogP contribution in [0.2, 0.25) is 0 Å². The van der Waals surface area contributed by atoms with Crippen molar-refractivity contribution in [3.8, 4) is 11.8 Å². The number of rotatable bonds is 6. The summed E-state index contributed by atoms with van der Waals surface area (Å²) in [6, 6.07) is 9.43. The molecule has 1 aromatic heterocycles. The van der Waals surface area contributed by atoms with Gasteiger partial charge in [-0.1, -0.05) is 17.3 Å². The van der Waals surface area contributed by atoms with Crippen molar-refractivity contribution in [2.45, 2.75) is 37.9 Å². The highest BCUT2D eigenvalue weighted by Gasteiger charge is 2.33. The molecule has 1 saturated heterocycles. The average molecular weight is 354 g/mol. The number of ether oxygens (including phenoxy) is 2. The highest BCUT2D eigenvalue weighted by Crippen LogP contribution is 2.38. The average Bonchev–Trinajstić information content (AvgIpc) is 3.38. The largest absolute Gasteiger partial charge is 0.491 e. The van der Waals surface area contributed by atoms with Crippen LogP contribution >= 0.6 is 0 Å². The molecule has 0 amide bonds. The first-order valence-corrected chi connectivity index (χ1v) is 9.06. The molecule has 1 aromatic carbocycles. The Bertz CT molecular complexity index is 796. The summed E-state index contributed by atoms with van der Waals surface area (Å²) >= 11 is 0. The van der Waals surface area contributed by atoms with Gasteiger partial charge in [-0.15, -0.1) is 0 Å². The first-order chi connectivity index (χ1) is 12.7. The maximum atomic E-state index is 9.13. The van der Waals surface area contributed by atoms with Crippen molar-refractivity contribution >= 4 is 0 Å². The molecule has 4 rings (SSSR count). The molecule has 0 radical (unpaired) electrons. The number of hydrogen-bond donors (Lipinski definition) is 0. The minimum atomic E-state index is -0.204. The second-order valence-electron chi connectivity index (χ2n) is 6.92. The van der Waals surface area contributed by atoms with Crippen LogP contribution in [0.1, 0.15) is 49.1 Å². The van der Waals surface area contributed by atoms with Crippen molar-refractivity contribution in [3.05, 3.63) is 41.5 Å². The predicted octanol–water partition coefficient (Wildman–Crippen LogP) is 2.66. The lowest BCUT2D eigenvalue weighted by Gasteiger charge is -2.35. The Morgan fingerprint density at radius 2 is 2.15 bits per heavy atom. The summed E-state index contributed by atoms with van der Waals surface area (Å²) in [5.74, 6) is 2.47. The zero-order valence-electron chi connectivity index (χ0n) is 14.8. The molecular formula is C19H22N4O3. The van der Waals surface area contributed by atoms with E-state index < -0.39 is 0 Å². The second-order valence-corrected chi connectivity index (χ2v) is 6.92. The van der Waals surface area contributed by atoms with E-state index in [0.29, 0.717) is 36.3 Å². The molecule has 26 heavy (non-hydrogen) atoms. The SMILES string of the molecule is C[C@@H]1CN(CCOc2ccccc2C#N)C[C@H](c2nc(C3CC3)no2)O1. The Hall–Kier alpha value is -2.43. The molecule has 7 nitrogen and oxygen atoms in total. The topological polar surface area (TPSA) is 84.4 Å². The van der Waals surface area contributed by atoms with Gasteiger partial charge in [0.15, 0.2) is 5.82 Å². The Morgan fingerprint density at radius 3 is 2.96 bits per heavy atom. The van der Waals surface area contributed by atoms with Crippen LogP contribution in [0.25, 0.3) is 0 Å². The molecule has 2 fully saturated rings. The molecule has 2 aromatic rings. The fraction of sp³-hybridized carbons (Fsp3) is 0.526. The van der Waals surface area contributed by atoms with Gasteiger partial charge in [0.2, 0.25) is 0 Å². The van der Waals surface area contributed by atoms with Gasteiger partial charge in [0, 0.05) is 25.6 Å². The van der Waals surface area contributed by atoms with Crippen LogP contribution in [0.3, 0.4) is 0 Å².